The molecule has 2 heteroatoms. The number of aliphatic hydroxyl groups is 1. The first-order valence-corrected chi connectivity index (χ1v) is 5.39. The fraction of sp³-hybridized carbons (Fsp3) is 0.231. The van der Waals surface area contributed by atoms with Gasteiger partial charge in [-0.2, -0.15) is 0 Å². The summed E-state index contributed by atoms with van der Waals surface area (Å²) in [6.45, 7) is 2.19. The number of benzene rings is 2. The van der Waals surface area contributed by atoms with E-state index in [0.717, 1.165) is 10.4 Å². The van der Waals surface area contributed by atoms with E-state index >= 15 is 0 Å². The zero-order valence-electron chi connectivity index (χ0n) is 8.57. The van der Waals surface area contributed by atoms with Crippen molar-refractivity contribution in [3.05, 3.63) is 47.0 Å². The number of hydrogen-bond donors (Lipinski definition) is 1. The van der Waals surface area contributed by atoms with Crippen LogP contribution in [0.2, 0.25) is 5.02 Å². The molecule has 0 bridgehead atoms. The van der Waals surface area contributed by atoms with E-state index in [2.05, 4.69) is 6.07 Å². The molecule has 1 nitrogen and oxygen atoms in total. The average Bonchev–Trinajstić information content (AvgIpc) is 2.26. The summed E-state index contributed by atoms with van der Waals surface area (Å²) in [6.07, 6.45) is 0. The lowest BCUT2D eigenvalue weighted by Gasteiger charge is -2.11. The van der Waals surface area contributed by atoms with Crippen molar-refractivity contribution in [1.82, 2.24) is 0 Å². The van der Waals surface area contributed by atoms with Crippen molar-refractivity contribution < 1.29 is 5.11 Å². The lowest BCUT2D eigenvalue weighted by molar-refractivity contribution is 0.273. The van der Waals surface area contributed by atoms with Crippen LogP contribution in [0.25, 0.3) is 10.8 Å². The lowest BCUT2D eigenvalue weighted by Crippen LogP contribution is -1.99. The third kappa shape index (κ3) is 1.99. The first-order chi connectivity index (χ1) is 7.22. The van der Waals surface area contributed by atoms with Gasteiger partial charge in [-0.15, -0.1) is 0 Å². The summed E-state index contributed by atoms with van der Waals surface area (Å²) < 4.78 is 0. The first-order valence-electron chi connectivity index (χ1n) is 5.01. The summed E-state index contributed by atoms with van der Waals surface area (Å²) >= 11 is 5.94. The van der Waals surface area contributed by atoms with Crippen molar-refractivity contribution in [3.63, 3.8) is 0 Å². The van der Waals surface area contributed by atoms with Gasteiger partial charge in [0.05, 0.1) is 0 Å². The van der Waals surface area contributed by atoms with Gasteiger partial charge in [-0.1, -0.05) is 42.8 Å². The maximum Gasteiger partial charge on any atom is 0.0497 e. The zero-order valence-corrected chi connectivity index (χ0v) is 9.33. The third-order valence-corrected chi connectivity index (χ3v) is 2.92. The van der Waals surface area contributed by atoms with Gasteiger partial charge < -0.3 is 5.11 Å². The van der Waals surface area contributed by atoms with E-state index in [1.807, 2.05) is 37.3 Å². The predicted octanol–water partition coefficient (Wildman–Crippen LogP) is 3.59. The van der Waals surface area contributed by atoms with Crippen LogP contribution < -0.4 is 0 Å². The Hall–Kier alpha value is -1.05. The Kier molecular flexibility index (Phi) is 2.94. The van der Waals surface area contributed by atoms with Crippen LogP contribution in [-0.2, 0) is 0 Å². The third-order valence-electron chi connectivity index (χ3n) is 2.68. The monoisotopic (exact) mass is 220 g/mol. The second kappa shape index (κ2) is 4.21. The number of halogens is 1. The second-order valence-electron chi connectivity index (χ2n) is 3.80. The molecular weight excluding hydrogens is 208 g/mol. The van der Waals surface area contributed by atoms with Crippen molar-refractivity contribution in [2.24, 2.45) is 0 Å². The number of hydrogen-bond acceptors (Lipinski definition) is 1. The quantitative estimate of drug-likeness (QED) is 0.820. The summed E-state index contributed by atoms with van der Waals surface area (Å²) in [7, 11) is 0. The van der Waals surface area contributed by atoms with Crippen molar-refractivity contribution >= 4 is 22.4 Å². The Morgan fingerprint density at radius 2 is 2.07 bits per heavy atom. The molecule has 0 saturated carbocycles. The van der Waals surface area contributed by atoms with E-state index in [9.17, 15) is 5.11 Å². The van der Waals surface area contributed by atoms with Gasteiger partial charge in [-0.3, -0.25) is 0 Å². The lowest BCUT2D eigenvalue weighted by atomic mass is 9.95. The van der Waals surface area contributed by atoms with Crippen LogP contribution in [0.3, 0.4) is 0 Å². The maximum atomic E-state index is 9.18. The molecule has 2 rings (SSSR count). The minimum atomic E-state index is 0.162. The largest absolute Gasteiger partial charge is 0.396 e. The molecular formula is C13H13ClO. The Morgan fingerprint density at radius 3 is 2.80 bits per heavy atom. The Bertz CT molecular complexity index is 479. The van der Waals surface area contributed by atoms with Crippen molar-refractivity contribution in [2.45, 2.75) is 12.8 Å². The van der Waals surface area contributed by atoms with Gasteiger partial charge in [0.25, 0.3) is 0 Å². The molecule has 0 spiro atoms. The zero-order chi connectivity index (χ0) is 10.8. The standard InChI is InChI=1S/C13H13ClO/c1-9(8-15)12-4-2-3-10-7-11(14)5-6-13(10)12/h2-7,9,15H,8H2,1H3. The first kappa shape index (κ1) is 10.5. The fourth-order valence-electron chi connectivity index (χ4n) is 1.81. The van der Waals surface area contributed by atoms with Crippen molar-refractivity contribution in [2.75, 3.05) is 6.61 Å². The molecule has 1 N–H and O–H groups in total. The van der Waals surface area contributed by atoms with Crippen LogP contribution in [0, 0.1) is 0 Å². The summed E-state index contributed by atoms with van der Waals surface area (Å²) in [4.78, 5) is 0. The highest BCUT2D eigenvalue weighted by Crippen LogP contribution is 2.27. The normalized spacial score (nSPS) is 13.0. The summed E-state index contributed by atoms with van der Waals surface area (Å²) in [5.41, 5.74) is 1.17. The van der Waals surface area contributed by atoms with Gasteiger partial charge in [-0.25, -0.2) is 0 Å². The van der Waals surface area contributed by atoms with Crippen LogP contribution in [0.15, 0.2) is 36.4 Å². The highest BCUT2D eigenvalue weighted by Gasteiger charge is 2.07. The van der Waals surface area contributed by atoms with E-state index in [1.54, 1.807) is 0 Å². The van der Waals surface area contributed by atoms with E-state index < -0.39 is 0 Å². The van der Waals surface area contributed by atoms with Gasteiger partial charge in [-0.05, 0) is 28.5 Å². The molecule has 0 saturated heterocycles. The van der Waals surface area contributed by atoms with Crippen LogP contribution in [0.1, 0.15) is 18.4 Å². The molecule has 15 heavy (non-hydrogen) atoms. The van der Waals surface area contributed by atoms with E-state index in [1.165, 1.54) is 10.9 Å². The molecule has 0 radical (unpaired) electrons. The topological polar surface area (TPSA) is 20.2 Å². The van der Waals surface area contributed by atoms with Gasteiger partial charge in [0.15, 0.2) is 0 Å². The second-order valence-corrected chi connectivity index (χ2v) is 4.23. The Balaban J connectivity index is 2.66. The summed E-state index contributed by atoms with van der Waals surface area (Å²) in [5.74, 6) is 0.162. The molecule has 0 amide bonds. The summed E-state index contributed by atoms with van der Waals surface area (Å²) in [6, 6.07) is 11.9. The van der Waals surface area contributed by atoms with Crippen molar-refractivity contribution in [3.8, 4) is 0 Å². The minimum Gasteiger partial charge on any atom is -0.396 e. The minimum absolute atomic E-state index is 0.162. The van der Waals surface area contributed by atoms with Crippen LogP contribution in [-0.4, -0.2) is 11.7 Å². The predicted molar refractivity (Wildman–Crippen MR) is 64.5 cm³/mol. The van der Waals surface area contributed by atoms with Crippen molar-refractivity contribution in [1.29, 1.82) is 0 Å². The molecule has 0 aliphatic heterocycles. The van der Waals surface area contributed by atoms with Gasteiger partial charge >= 0.3 is 0 Å². The summed E-state index contributed by atoms with van der Waals surface area (Å²) in [5, 5.41) is 12.2. The molecule has 0 aromatic heterocycles. The molecule has 2 aromatic rings. The number of fused-ring (bicyclic) bond motifs is 1. The number of rotatable bonds is 2. The molecule has 0 fully saturated rings. The van der Waals surface area contributed by atoms with Gasteiger partial charge in [0, 0.05) is 17.5 Å². The van der Waals surface area contributed by atoms with Gasteiger partial charge in [0.2, 0.25) is 0 Å². The Morgan fingerprint density at radius 1 is 1.27 bits per heavy atom. The molecule has 0 aliphatic carbocycles. The Labute approximate surface area is 94.3 Å². The highest BCUT2D eigenvalue weighted by atomic mass is 35.5. The van der Waals surface area contributed by atoms with Crippen LogP contribution >= 0.6 is 11.6 Å². The smallest absolute Gasteiger partial charge is 0.0497 e. The highest BCUT2D eigenvalue weighted by molar-refractivity contribution is 6.31. The fourth-order valence-corrected chi connectivity index (χ4v) is 1.99. The molecule has 1 atom stereocenters. The maximum absolute atomic E-state index is 9.18. The van der Waals surface area contributed by atoms with E-state index in [-0.39, 0.29) is 12.5 Å². The molecule has 1 unspecified atom stereocenters. The molecule has 0 aliphatic rings. The van der Waals surface area contributed by atoms with Gasteiger partial charge in [0.1, 0.15) is 0 Å². The van der Waals surface area contributed by atoms with Crippen LogP contribution in [0.5, 0.6) is 0 Å². The molecule has 78 valence electrons. The van der Waals surface area contributed by atoms with Crippen LogP contribution in [0.4, 0.5) is 0 Å². The van der Waals surface area contributed by atoms with E-state index in [4.69, 9.17) is 11.6 Å². The number of aliphatic hydroxyl groups excluding tert-OH is 1. The molecule has 0 heterocycles. The molecule has 2 aromatic carbocycles. The van der Waals surface area contributed by atoms with E-state index in [0.29, 0.717) is 0 Å². The SMILES string of the molecule is CC(CO)c1cccc2cc(Cl)ccc12. The average molecular weight is 221 g/mol.